The minimum Gasteiger partial charge on any atom is -0.461 e. The summed E-state index contributed by atoms with van der Waals surface area (Å²) in [5, 5.41) is 0.192. The van der Waals surface area contributed by atoms with Crippen molar-refractivity contribution in [1.82, 2.24) is 9.55 Å². The highest BCUT2D eigenvalue weighted by Crippen LogP contribution is 2.28. The van der Waals surface area contributed by atoms with Gasteiger partial charge in [-0.2, -0.15) is 0 Å². The normalized spacial score (nSPS) is 23.7. The summed E-state index contributed by atoms with van der Waals surface area (Å²) in [5.41, 5.74) is 0.458. The molecule has 2 heterocycles. The van der Waals surface area contributed by atoms with Crippen LogP contribution in [-0.4, -0.2) is 65.1 Å². The molecule has 1 aliphatic heterocycles. The van der Waals surface area contributed by atoms with Crippen LogP contribution in [0.1, 0.15) is 24.2 Å². The molecule has 0 N–H and O–H groups in total. The number of aromatic nitrogens is 2. The van der Waals surface area contributed by atoms with Crippen molar-refractivity contribution in [3.63, 3.8) is 0 Å². The lowest BCUT2D eigenvalue weighted by atomic mass is 10.1. The van der Waals surface area contributed by atoms with Gasteiger partial charge in [0.1, 0.15) is 25.1 Å². The van der Waals surface area contributed by atoms with Crippen LogP contribution in [0.4, 0.5) is 0 Å². The summed E-state index contributed by atoms with van der Waals surface area (Å²) < 4.78 is 30.4. The minimum absolute atomic E-state index is 0.0297. The molecule has 0 aliphatic carbocycles. The topological polar surface area (TPSA) is 81.0 Å². The molecule has 4 atom stereocenters. The van der Waals surface area contributed by atoms with Gasteiger partial charge in [-0.3, -0.25) is 4.57 Å². The number of hydrogen-bond donors (Lipinski definition) is 0. The van der Waals surface area contributed by atoms with Gasteiger partial charge in [0.2, 0.25) is 0 Å². The Balaban J connectivity index is 1.72. The van der Waals surface area contributed by atoms with Gasteiger partial charge in [-0.05, 0) is 38.2 Å². The van der Waals surface area contributed by atoms with Crippen LogP contribution in [0.25, 0.3) is 0 Å². The number of carbonyl (C=O) groups excluding carboxylic acids is 1. The molecule has 0 radical (unpaired) electrons. The molecule has 1 aliphatic rings. The first-order valence-corrected chi connectivity index (χ1v) is 9.84. The number of imidazole rings is 1. The molecule has 0 saturated carbocycles. The van der Waals surface area contributed by atoms with E-state index in [1.54, 1.807) is 41.2 Å². The summed E-state index contributed by atoms with van der Waals surface area (Å²) in [5.74, 6) is -0.446. The number of benzene rings is 1. The molecule has 4 unspecified atom stereocenters. The molecule has 0 bridgehead atoms. The van der Waals surface area contributed by atoms with Gasteiger partial charge in [0.25, 0.3) is 5.17 Å². The zero-order valence-electron chi connectivity index (χ0n) is 16.3. The van der Waals surface area contributed by atoms with Gasteiger partial charge in [-0.15, -0.1) is 0 Å². The van der Waals surface area contributed by atoms with Gasteiger partial charge in [-0.25, -0.2) is 9.78 Å². The van der Waals surface area contributed by atoms with E-state index in [4.69, 9.17) is 35.9 Å². The molecule has 1 aromatic heterocycles. The zero-order chi connectivity index (χ0) is 20.6. The van der Waals surface area contributed by atoms with Crippen LogP contribution < -0.4 is 0 Å². The lowest BCUT2D eigenvalue weighted by Crippen LogP contribution is -2.42. The van der Waals surface area contributed by atoms with Crippen LogP contribution in [0.5, 0.6) is 0 Å². The smallest absolute Gasteiger partial charge is 0.338 e. The van der Waals surface area contributed by atoms with Crippen molar-refractivity contribution >= 4 is 23.4 Å². The minimum atomic E-state index is -0.657. The molecule has 156 valence electrons. The molecule has 0 amide bonds. The zero-order valence-corrected chi connectivity index (χ0v) is 17.1. The third-order valence-corrected chi connectivity index (χ3v) is 4.60. The molecule has 8 nitrogen and oxygen atoms in total. The number of nitrogens with zero attached hydrogens (tertiary/aromatic N) is 2. The molecule has 29 heavy (non-hydrogen) atoms. The van der Waals surface area contributed by atoms with Gasteiger partial charge < -0.3 is 23.7 Å². The van der Waals surface area contributed by atoms with E-state index in [1.165, 1.54) is 6.33 Å². The average Bonchev–Trinajstić information content (AvgIpc) is 3.38. The molecule has 0 spiro atoms. The Bertz CT molecular complexity index is 786. The van der Waals surface area contributed by atoms with Crippen LogP contribution in [0.2, 0.25) is 0 Å². The van der Waals surface area contributed by atoms with Crippen LogP contribution in [0, 0.1) is 0 Å². The van der Waals surface area contributed by atoms with Crippen LogP contribution in [0.3, 0.4) is 0 Å². The second kappa shape index (κ2) is 10.4. The average molecular weight is 420 g/mol. The van der Waals surface area contributed by atoms with E-state index in [0.717, 1.165) is 0 Å². The summed E-state index contributed by atoms with van der Waals surface area (Å²) in [6, 6.07) is 8.75. The predicted octanol–water partition coefficient (Wildman–Crippen LogP) is 2.42. The van der Waals surface area contributed by atoms with Crippen molar-refractivity contribution in [1.29, 1.82) is 0 Å². The van der Waals surface area contributed by atoms with Crippen LogP contribution >= 0.6 is 12.2 Å². The van der Waals surface area contributed by atoms with E-state index < -0.39 is 30.6 Å². The maximum Gasteiger partial charge on any atom is 0.338 e. The monoisotopic (exact) mass is 420 g/mol. The summed E-state index contributed by atoms with van der Waals surface area (Å²) in [6.07, 6.45) is 2.40. The number of hydrogen-bond acceptors (Lipinski definition) is 8. The van der Waals surface area contributed by atoms with E-state index in [-0.39, 0.29) is 11.8 Å². The van der Waals surface area contributed by atoms with Crippen molar-refractivity contribution < 1.29 is 28.5 Å². The molecule has 3 rings (SSSR count). The largest absolute Gasteiger partial charge is 0.461 e. The molecule has 9 heteroatoms. The fourth-order valence-corrected chi connectivity index (χ4v) is 3.21. The Morgan fingerprint density at radius 1 is 1.17 bits per heavy atom. The second-order valence-electron chi connectivity index (χ2n) is 6.20. The predicted molar refractivity (Wildman–Crippen MR) is 108 cm³/mol. The van der Waals surface area contributed by atoms with E-state index in [2.05, 4.69) is 4.98 Å². The van der Waals surface area contributed by atoms with E-state index >= 15 is 0 Å². The number of carbonyl (C=O) groups is 1. The Kier molecular flexibility index (Phi) is 7.70. The van der Waals surface area contributed by atoms with E-state index in [9.17, 15) is 4.79 Å². The molecule has 1 fully saturated rings. The third kappa shape index (κ3) is 5.39. The Hall–Kier alpha value is -2.33. The Labute approximate surface area is 174 Å². The molecule has 2 aromatic rings. The molecular formula is C20H24N2O6S. The lowest BCUT2D eigenvalue weighted by Gasteiger charge is -2.24. The number of thiocarbonyl (C=S) groups is 1. The van der Waals surface area contributed by atoms with Gasteiger partial charge in [0.15, 0.2) is 12.4 Å². The van der Waals surface area contributed by atoms with Gasteiger partial charge in [0, 0.05) is 25.6 Å². The quantitative estimate of drug-likeness (QED) is 0.476. The highest BCUT2D eigenvalue weighted by molar-refractivity contribution is 7.80. The molecule has 1 aromatic carbocycles. The Morgan fingerprint density at radius 2 is 1.93 bits per heavy atom. The lowest BCUT2D eigenvalue weighted by molar-refractivity contribution is -0.176. The number of rotatable bonds is 8. The maximum absolute atomic E-state index is 12.3. The first kappa shape index (κ1) is 21.4. The van der Waals surface area contributed by atoms with E-state index in [0.29, 0.717) is 18.8 Å². The first-order chi connectivity index (χ1) is 14.1. The first-order valence-electron chi connectivity index (χ1n) is 9.43. The highest BCUT2D eigenvalue weighted by Gasteiger charge is 2.48. The molecular weight excluding hydrogens is 396 g/mol. The van der Waals surface area contributed by atoms with Crippen molar-refractivity contribution in [2.45, 2.75) is 38.4 Å². The van der Waals surface area contributed by atoms with Crippen molar-refractivity contribution in [2.75, 3.05) is 19.8 Å². The van der Waals surface area contributed by atoms with Crippen molar-refractivity contribution in [3.05, 3.63) is 54.6 Å². The van der Waals surface area contributed by atoms with Gasteiger partial charge >= 0.3 is 5.97 Å². The maximum atomic E-state index is 12.3. The summed E-state index contributed by atoms with van der Waals surface area (Å²) in [7, 11) is 0. The second-order valence-corrected chi connectivity index (χ2v) is 6.55. The molecule has 1 saturated heterocycles. The summed E-state index contributed by atoms with van der Waals surface area (Å²) in [4.78, 5) is 16.3. The fourth-order valence-electron chi connectivity index (χ4n) is 2.99. The van der Waals surface area contributed by atoms with E-state index in [1.807, 2.05) is 19.9 Å². The number of esters is 1. The van der Waals surface area contributed by atoms with Crippen molar-refractivity contribution in [2.24, 2.45) is 0 Å². The van der Waals surface area contributed by atoms with Gasteiger partial charge in [-0.1, -0.05) is 18.2 Å². The third-order valence-electron chi connectivity index (χ3n) is 4.30. The van der Waals surface area contributed by atoms with Gasteiger partial charge in [0.05, 0.1) is 5.56 Å². The fraction of sp³-hybridized carbons (Fsp3) is 0.450. The summed E-state index contributed by atoms with van der Waals surface area (Å²) in [6.45, 7) is 4.57. The van der Waals surface area contributed by atoms with Crippen molar-refractivity contribution in [3.8, 4) is 0 Å². The standard InChI is InChI=1S/C20H24N2O6S/c1-3-24-17-16(28-20(29)22-11-10-21-13-22)15(27-19(17)25-4-2)12-26-18(23)14-8-6-5-7-9-14/h5-11,13,15-17,19H,3-4,12H2,1-2H3. The summed E-state index contributed by atoms with van der Waals surface area (Å²) >= 11 is 5.36. The highest BCUT2D eigenvalue weighted by atomic mass is 32.1. The SMILES string of the molecule is CCOC1OC(COC(=O)c2ccccc2)C(OC(=S)n2ccnc2)C1OCC. The number of ether oxygens (including phenoxy) is 5. The Morgan fingerprint density at radius 3 is 2.59 bits per heavy atom. The van der Waals surface area contributed by atoms with Crippen LogP contribution in [-0.2, 0) is 23.7 Å². The van der Waals surface area contributed by atoms with Crippen LogP contribution in [0.15, 0.2) is 49.1 Å².